The van der Waals surface area contributed by atoms with Crippen molar-refractivity contribution in [2.45, 2.75) is 51.5 Å². The second kappa shape index (κ2) is 8.33. The molecule has 1 unspecified atom stereocenters. The summed E-state index contributed by atoms with van der Waals surface area (Å²) in [6, 6.07) is 3.70. The highest BCUT2D eigenvalue weighted by atomic mass is 16.4. The van der Waals surface area contributed by atoms with Crippen molar-refractivity contribution in [1.29, 1.82) is 0 Å². The highest BCUT2D eigenvalue weighted by Crippen LogP contribution is 2.48. The van der Waals surface area contributed by atoms with Gasteiger partial charge in [0.25, 0.3) is 0 Å². The number of carboxylic acids is 1. The Morgan fingerprint density at radius 3 is 2.64 bits per heavy atom. The van der Waals surface area contributed by atoms with Crippen molar-refractivity contribution in [2.75, 3.05) is 12.8 Å². The number of anilines is 1. The Balaban J connectivity index is 1.71. The van der Waals surface area contributed by atoms with Crippen LogP contribution in [0.3, 0.4) is 0 Å². The van der Waals surface area contributed by atoms with Crippen molar-refractivity contribution in [1.82, 2.24) is 9.88 Å². The summed E-state index contributed by atoms with van der Waals surface area (Å²) >= 11 is 0. The molecule has 2 saturated carbocycles. The number of hydrogen-bond acceptors (Lipinski definition) is 4. The summed E-state index contributed by atoms with van der Waals surface area (Å²) in [5, 5.41) is 9.79. The molecule has 2 aliphatic rings. The zero-order valence-corrected chi connectivity index (χ0v) is 16.8. The van der Waals surface area contributed by atoms with E-state index in [-0.39, 0.29) is 17.9 Å². The summed E-state index contributed by atoms with van der Waals surface area (Å²) in [5.41, 5.74) is 7.37. The Bertz CT molecular complexity index is 757. The number of nitrogen functional groups attached to an aromatic ring is 1. The number of carboxylic acid groups (broad SMARTS) is 1. The van der Waals surface area contributed by atoms with E-state index in [4.69, 9.17) is 5.73 Å². The van der Waals surface area contributed by atoms with Crippen LogP contribution >= 0.6 is 0 Å². The third kappa shape index (κ3) is 3.91. The molecule has 1 aromatic rings. The van der Waals surface area contributed by atoms with Gasteiger partial charge in [-0.25, -0.2) is 4.98 Å². The molecule has 0 bridgehead atoms. The predicted molar refractivity (Wildman–Crippen MR) is 108 cm³/mol. The number of aromatic nitrogens is 1. The molecule has 1 amide bonds. The molecule has 152 valence electrons. The first-order valence-electron chi connectivity index (χ1n) is 10.2. The standard InChI is InChI=1S/C22H31N3O3/c1-13-17(11-15-9-10-24-18(23)12-15)20(22(27)28)19(13)21(26)25(3)14(2)16-7-5-4-6-8-16/h9-10,12,14,16-17,19-20H,1,4-8,11H2,2-3H3,(H2,23,24)(H,27,28)/t14-,17+,19?,20-/m1/s1. The van der Waals surface area contributed by atoms with Gasteiger partial charge >= 0.3 is 5.97 Å². The van der Waals surface area contributed by atoms with E-state index in [1.165, 1.54) is 19.3 Å². The van der Waals surface area contributed by atoms with Crippen molar-refractivity contribution < 1.29 is 14.7 Å². The lowest BCUT2D eigenvalue weighted by Gasteiger charge is -2.46. The Kier molecular flexibility index (Phi) is 6.06. The number of nitrogens with two attached hydrogens (primary N) is 1. The molecule has 2 fully saturated rings. The number of aliphatic carboxylic acids is 1. The zero-order chi connectivity index (χ0) is 20.4. The number of carbonyl (C=O) groups excluding carboxylic acids is 1. The average molecular weight is 386 g/mol. The normalized spacial score (nSPS) is 26.4. The summed E-state index contributed by atoms with van der Waals surface area (Å²) in [5.74, 6) is -1.78. The molecule has 28 heavy (non-hydrogen) atoms. The maximum absolute atomic E-state index is 13.2. The fourth-order valence-corrected chi connectivity index (χ4v) is 4.92. The van der Waals surface area contributed by atoms with Gasteiger partial charge in [-0.15, -0.1) is 0 Å². The van der Waals surface area contributed by atoms with Crippen LogP contribution in [0.4, 0.5) is 5.82 Å². The van der Waals surface area contributed by atoms with Crippen LogP contribution in [0.2, 0.25) is 0 Å². The Hall–Kier alpha value is -2.37. The number of hydrogen-bond donors (Lipinski definition) is 2. The van der Waals surface area contributed by atoms with Crippen LogP contribution in [0.1, 0.15) is 44.6 Å². The highest BCUT2D eigenvalue weighted by Gasteiger charge is 2.53. The number of carbonyl (C=O) groups is 2. The summed E-state index contributed by atoms with van der Waals surface area (Å²) in [4.78, 5) is 30.9. The molecule has 4 atom stereocenters. The Morgan fingerprint density at radius 2 is 2.04 bits per heavy atom. The van der Waals surface area contributed by atoms with Gasteiger partial charge in [0.2, 0.25) is 5.91 Å². The first-order chi connectivity index (χ1) is 13.3. The molecule has 6 nitrogen and oxygen atoms in total. The third-order valence-electron chi connectivity index (χ3n) is 6.81. The zero-order valence-electron chi connectivity index (χ0n) is 16.8. The van der Waals surface area contributed by atoms with Gasteiger partial charge in [-0.2, -0.15) is 0 Å². The largest absolute Gasteiger partial charge is 0.481 e. The van der Waals surface area contributed by atoms with Crippen LogP contribution in [-0.4, -0.2) is 40.0 Å². The van der Waals surface area contributed by atoms with Crippen molar-refractivity contribution >= 4 is 17.7 Å². The molecule has 0 saturated heterocycles. The number of pyridine rings is 1. The lowest BCUT2D eigenvalue weighted by atomic mass is 9.58. The lowest BCUT2D eigenvalue weighted by molar-refractivity contribution is -0.156. The van der Waals surface area contributed by atoms with Gasteiger partial charge in [0.1, 0.15) is 5.82 Å². The first kappa shape index (κ1) is 20.4. The number of nitrogens with zero attached hydrogens (tertiary/aromatic N) is 2. The molecule has 0 spiro atoms. The fourth-order valence-electron chi connectivity index (χ4n) is 4.92. The van der Waals surface area contributed by atoms with Crippen LogP contribution in [-0.2, 0) is 16.0 Å². The Labute approximate surface area is 166 Å². The topological polar surface area (TPSA) is 96.5 Å². The molecular formula is C22H31N3O3. The average Bonchev–Trinajstić information content (AvgIpc) is 2.68. The van der Waals surface area contributed by atoms with E-state index in [1.807, 2.05) is 13.1 Å². The second-order valence-electron chi connectivity index (χ2n) is 8.40. The van der Waals surface area contributed by atoms with E-state index in [2.05, 4.69) is 18.5 Å². The maximum atomic E-state index is 13.2. The van der Waals surface area contributed by atoms with Gasteiger partial charge in [-0.05, 0) is 55.7 Å². The molecule has 0 aliphatic heterocycles. The van der Waals surface area contributed by atoms with Gasteiger partial charge < -0.3 is 15.7 Å². The van der Waals surface area contributed by atoms with Crippen molar-refractivity contribution in [3.05, 3.63) is 36.0 Å². The first-order valence-corrected chi connectivity index (χ1v) is 10.2. The van der Waals surface area contributed by atoms with E-state index in [1.54, 1.807) is 17.2 Å². The van der Waals surface area contributed by atoms with E-state index in [0.717, 1.165) is 24.0 Å². The molecule has 6 heteroatoms. The summed E-state index contributed by atoms with van der Waals surface area (Å²) in [6.45, 7) is 6.18. The van der Waals surface area contributed by atoms with Gasteiger partial charge in [0.05, 0.1) is 11.8 Å². The maximum Gasteiger partial charge on any atom is 0.308 e. The van der Waals surface area contributed by atoms with E-state index in [9.17, 15) is 14.7 Å². The van der Waals surface area contributed by atoms with Gasteiger partial charge in [-0.1, -0.05) is 31.4 Å². The van der Waals surface area contributed by atoms with Gasteiger partial charge in [0.15, 0.2) is 0 Å². The fraction of sp³-hybridized carbons (Fsp3) is 0.591. The number of amides is 1. The van der Waals surface area contributed by atoms with Gasteiger partial charge in [0, 0.05) is 19.3 Å². The van der Waals surface area contributed by atoms with E-state index < -0.39 is 17.8 Å². The highest BCUT2D eigenvalue weighted by molar-refractivity contribution is 5.90. The predicted octanol–water partition coefficient (Wildman–Crippen LogP) is 3.14. The van der Waals surface area contributed by atoms with E-state index in [0.29, 0.717) is 18.2 Å². The van der Waals surface area contributed by atoms with Crippen molar-refractivity contribution in [2.24, 2.45) is 23.7 Å². The van der Waals surface area contributed by atoms with Gasteiger partial charge in [-0.3, -0.25) is 9.59 Å². The molecule has 0 aromatic carbocycles. The second-order valence-corrected chi connectivity index (χ2v) is 8.40. The third-order valence-corrected chi connectivity index (χ3v) is 6.81. The monoisotopic (exact) mass is 385 g/mol. The lowest BCUT2D eigenvalue weighted by Crippen LogP contribution is -2.55. The molecule has 2 aliphatic carbocycles. The van der Waals surface area contributed by atoms with Crippen LogP contribution in [0, 0.1) is 23.7 Å². The van der Waals surface area contributed by atoms with E-state index >= 15 is 0 Å². The molecule has 3 rings (SSSR count). The molecular weight excluding hydrogens is 354 g/mol. The minimum absolute atomic E-state index is 0.110. The smallest absolute Gasteiger partial charge is 0.308 e. The summed E-state index contributed by atoms with van der Waals surface area (Å²) < 4.78 is 0. The summed E-state index contributed by atoms with van der Waals surface area (Å²) in [6.07, 6.45) is 8.09. The van der Waals surface area contributed by atoms with Crippen LogP contribution < -0.4 is 5.73 Å². The SMILES string of the molecule is C=C1C(C(=O)N(C)[C@H](C)C2CCCCC2)[C@H](C(=O)O)[C@H]1Cc1ccnc(N)c1. The van der Waals surface area contributed by atoms with Crippen molar-refractivity contribution in [3.8, 4) is 0 Å². The van der Waals surface area contributed by atoms with Crippen LogP contribution in [0.5, 0.6) is 0 Å². The minimum Gasteiger partial charge on any atom is -0.481 e. The molecule has 0 radical (unpaired) electrons. The van der Waals surface area contributed by atoms with Crippen LogP contribution in [0.15, 0.2) is 30.5 Å². The molecule has 1 heterocycles. The number of rotatable bonds is 6. The molecule has 3 N–H and O–H groups in total. The van der Waals surface area contributed by atoms with Crippen molar-refractivity contribution in [3.63, 3.8) is 0 Å². The Morgan fingerprint density at radius 1 is 1.36 bits per heavy atom. The summed E-state index contributed by atoms with van der Waals surface area (Å²) in [7, 11) is 1.81. The van der Waals surface area contributed by atoms with Crippen LogP contribution in [0.25, 0.3) is 0 Å². The quantitative estimate of drug-likeness (QED) is 0.733. The minimum atomic E-state index is -0.934. The molecule has 1 aromatic heterocycles.